The molecule has 9 heteroatoms. The van der Waals surface area contributed by atoms with Crippen molar-refractivity contribution in [3.05, 3.63) is 33.9 Å². The number of aromatic nitrogens is 1. The van der Waals surface area contributed by atoms with Crippen LogP contribution in [0, 0.1) is 0 Å². The Morgan fingerprint density at radius 3 is 2.33 bits per heavy atom. The van der Waals surface area contributed by atoms with Crippen LogP contribution in [0.3, 0.4) is 0 Å². The molecule has 1 N–H and O–H groups in total. The first-order chi connectivity index (χ1) is 14.4. The molecule has 0 saturated carbocycles. The molecule has 0 atom stereocenters. The number of rotatable bonds is 3. The number of amides is 2. The van der Waals surface area contributed by atoms with E-state index in [1.54, 1.807) is 19.1 Å². The van der Waals surface area contributed by atoms with Crippen molar-refractivity contribution in [1.82, 2.24) is 14.4 Å². The molecule has 4 rings (SSSR count). The highest BCUT2D eigenvalue weighted by atomic mass is 79.9. The van der Waals surface area contributed by atoms with Gasteiger partial charge in [0.1, 0.15) is 5.69 Å². The summed E-state index contributed by atoms with van der Waals surface area (Å²) in [5, 5.41) is 9.23. The molecule has 2 amide bonds. The minimum atomic E-state index is -0.937. The first-order valence-corrected chi connectivity index (χ1v) is 10.6. The normalized spacial score (nSPS) is 15.8. The summed E-state index contributed by atoms with van der Waals surface area (Å²) in [5.74, 6) is 1.27. The van der Waals surface area contributed by atoms with Crippen LogP contribution in [0.15, 0.2) is 22.7 Å². The van der Waals surface area contributed by atoms with Crippen LogP contribution in [-0.2, 0) is 13.0 Å². The van der Waals surface area contributed by atoms with Crippen LogP contribution in [0.2, 0.25) is 0 Å². The highest BCUT2D eigenvalue weighted by Crippen LogP contribution is 2.42. The lowest BCUT2D eigenvalue weighted by Gasteiger charge is -2.25. The molecule has 8 nitrogen and oxygen atoms in total. The van der Waals surface area contributed by atoms with Crippen molar-refractivity contribution >= 4 is 27.9 Å². The van der Waals surface area contributed by atoms with Crippen LogP contribution in [-0.4, -0.2) is 71.9 Å². The molecule has 3 heterocycles. The number of nitrogens with zero attached hydrogens (tertiary/aromatic N) is 3. The molecule has 1 saturated heterocycles. The van der Waals surface area contributed by atoms with E-state index in [9.17, 15) is 14.7 Å². The Labute approximate surface area is 183 Å². The Balaban J connectivity index is 1.68. The van der Waals surface area contributed by atoms with E-state index in [1.165, 1.54) is 4.90 Å². The number of halogens is 1. The number of fused-ring (bicyclic) bond motifs is 3. The lowest BCUT2D eigenvalue weighted by molar-refractivity contribution is 0.0748. The molecule has 0 bridgehead atoms. The van der Waals surface area contributed by atoms with Crippen molar-refractivity contribution in [2.24, 2.45) is 0 Å². The van der Waals surface area contributed by atoms with Gasteiger partial charge >= 0.3 is 6.09 Å². The Bertz CT molecular complexity index is 1000. The summed E-state index contributed by atoms with van der Waals surface area (Å²) in [6.07, 6.45) is 0.469. The second kappa shape index (κ2) is 8.22. The summed E-state index contributed by atoms with van der Waals surface area (Å²) in [5.41, 5.74) is 3.71. The Hall–Kier alpha value is -2.68. The molecule has 160 valence electrons. The first kappa shape index (κ1) is 20.6. The zero-order valence-electron chi connectivity index (χ0n) is 17.0. The topological polar surface area (TPSA) is 84.2 Å². The summed E-state index contributed by atoms with van der Waals surface area (Å²) in [6.45, 7) is 2.40. The lowest BCUT2D eigenvalue weighted by atomic mass is 9.97. The van der Waals surface area contributed by atoms with E-state index >= 15 is 0 Å². The number of hydrogen-bond donors (Lipinski definition) is 1. The Morgan fingerprint density at radius 1 is 0.967 bits per heavy atom. The smallest absolute Gasteiger partial charge is 0.407 e. The zero-order valence-corrected chi connectivity index (χ0v) is 18.6. The Morgan fingerprint density at radius 2 is 1.63 bits per heavy atom. The number of aryl methyl sites for hydroxylation is 1. The summed E-state index contributed by atoms with van der Waals surface area (Å²) in [7, 11) is 3.23. The van der Waals surface area contributed by atoms with E-state index in [1.807, 2.05) is 22.8 Å². The Kier molecular flexibility index (Phi) is 5.64. The summed E-state index contributed by atoms with van der Waals surface area (Å²) < 4.78 is 13.8. The van der Waals surface area contributed by atoms with Crippen molar-refractivity contribution in [3.63, 3.8) is 0 Å². The van der Waals surface area contributed by atoms with Crippen LogP contribution in [0.25, 0.3) is 11.3 Å². The largest absolute Gasteiger partial charge is 0.493 e. The predicted molar refractivity (Wildman–Crippen MR) is 114 cm³/mol. The third-order valence-corrected chi connectivity index (χ3v) is 6.40. The average Bonchev–Trinajstić information content (AvgIpc) is 2.92. The molecular formula is C21H24BrN3O5. The fourth-order valence-electron chi connectivity index (χ4n) is 4.25. The van der Waals surface area contributed by atoms with Crippen LogP contribution in [0.5, 0.6) is 11.5 Å². The van der Waals surface area contributed by atoms with Gasteiger partial charge in [0.15, 0.2) is 11.5 Å². The van der Waals surface area contributed by atoms with Gasteiger partial charge in [0.05, 0.1) is 19.9 Å². The number of methoxy groups -OCH3 is 2. The van der Waals surface area contributed by atoms with Crippen LogP contribution in [0.1, 0.15) is 22.5 Å². The maximum Gasteiger partial charge on any atom is 0.407 e. The van der Waals surface area contributed by atoms with E-state index < -0.39 is 6.09 Å². The van der Waals surface area contributed by atoms with Gasteiger partial charge < -0.3 is 28.9 Å². The van der Waals surface area contributed by atoms with E-state index in [2.05, 4.69) is 15.9 Å². The van der Waals surface area contributed by atoms with Crippen molar-refractivity contribution in [2.45, 2.75) is 19.4 Å². The maximum atomic E-state index is 13.3. The van der Waals surface area contributed by atoms with E-state index in [0.29, 0.717) is 56.3 Å². The summed E-state index contributed by atoms with van der Waals surface area (Å²) in [6, 6.07) is 5.81. The van der Waals surface area contributed by atoms with Gasteiger partial charge in [0.25, 0.3) is 5.91 Å². The number of benzene rings is 1. The van der Waals surface area contributed by atoms with Crippen LogP contribution < -0.4 is 9.47 Å². The molecule has 1 fully saturated rings. The molecule has 0 radical (unpaired) electrons. The quantitative estimate of drug-likeness (QED) is 0.732. The average molecular weight is 478 g/mol. The maximum absolute atomic E-state index is 13.3. The molecule has 0 spiro atoms. The molecule has 1 aromatic carbocycles. The van der Waals surface area contributed by atoms with E-state index in [0.717, 1.165) is 27.7 Å². The van der Waals surface area contributed by atoms with E-state index in [4.69, 9.17) is 9.47 Å². The molecule has 30 heavy (non-hydrogen) atoms. The second-order valence-electron chi connectivity index (χ2n) is 7.41. The van der Waals surface area contributed by atoms with Gasteiger partial charge in [-0.3, -0.25) is 4.79 Å². The first-order valence-electron chi connectivity index (χ1n) is 9.86. The standard InChI is InChI=1S/C21H24BrN3O5/c1-29-17-10-13-4-7-25-16(12-15(22)19(25)14(13)11-18(17)30-2)20(26)23-5-3-6-24(9-8-23)21(27)28/h10-12H,3-9H2,1-2H3,(H,27,28). The van der Waals surface area contributed by atoms with Crippen molar-refractivity contribution in [1.29, 1.82) is 0 Å². The van der Waals surface area contributed by atoms with Crippen LogP contribution >= 0.6 is 15.9 Å². The number of carboxylic acid groups (broad SMARTS) is 1. The van der Waals surface area contributed by atoms with Gasteiger partial charge in [0, 0.05) is 42.8 Å². The zero-order chi connectivity index (χ0) is 21.4. The summed E-state index contributed by atoms with van der Waals surface area (Å²) in [4.78, 5) is 27.7. The molecular weight excluding hydrogens is 454 g/mol. The minimum Gasteiger partial charge on any atom is -0.493 e. The minimum absolute atomic E-state index is 0.0712. The fraction of sp³-hybridized carbons (Fsp3) is 0.429. The third kappa shape index (κ3) is 3.51. The van der Waals surface area contributed by atoms with Gasteiger partial charge in [-0.05, 0) is 52.5 Å². The van der Waals surface area contributed by atoms with Gasteiger partial charge in [-0.1, -0.05) is 0 Å². The van der Waals surface area contributed by atoms with Crippen molar-refractivity contribution in [2.75, 3.05) is 40.4 Å². The van der Waals surface area contributed by atoms with Gasteiger partial charge in [-0.15, -0.1) is 0 Å². The highest BCUT2D eigenvalue weighted by molar-refractivity contribution is 9.10. The second-order valence-corrected chi connectivity index (χ2v) is 8.26. The van der Waals surface area contributed by atoms with Gasteiger partial charge in [-0.25, -0.2) is 4.79 Å². The molecule has 0 unspecified atom stereocenters. The van der Waals surface area contributed by atoms with E-state index in [-0.39, 0.29) is 5.91 Å². The molecule has 2 aliphatic heterocycles. The highest BCUT2D eigenvalue weighted by Gasteiger charge is 2.30. The van der Waals surface area contributed by atoms with Gasteiger partial charge in [0.2, 0.25) is 0 Å². The number of hydrogen-bond acceptors (Lipinski definition) is 4. The molecule has 1 aromatic heterocycles. The number of carbonyl (C=O) groups excluding carboxylic acids is 1. The fourth-order valence-corrected chi connectivity index (χ4v) is 4.90. The molecule has 2 aromatic rings. The SMILES string of the molecule is COc1cc2c(cc1OC)-c1c(Br)cc(C(=O)N3CCCN(C(=O)O)CC3)n1CC2. The number of carbonyl (C=O) groups is 2. The molecule has 2 aliphatic rings. The summed E-state index contributed by atoms with van der Waals surface area (Å²) >= 11 is 3.64. The van der Waals surface area contributed by atoms with Crippen LogP contribution in [0.4, 0.5) is 4.79 Å². The van der Waals surface area contributed by atoms with Gasteiger partial charge in [-0.2, -0.15) is 0 Å². The predicted octanol–water partition coefficient (Wildman–Crippen LogP) is 3.32. The lowest BCUT2D eigenvalue weighted by Crippen LogP contribution is -2.37. The molecule has 0 aliphatic carbocycles. The third-order valence-electron chi connectivity index (χ3n) is 5.79. The monoisotopic (exact) mass is 477 g/mol. The van der Waals surface area contributed by atoms with Crippen molar-refractivity contribution in [3.8, 4) is 22.8 Å². The van der Waals surface area contributed by atoms with Crippen molar-refractivity contribution < 1.29 is 24.2 Å². The number of ether oxygens (including phenoxy) is 2.